The number of likely N-dealkylation sites (N-methyl/N-ethyl adjacent to an activating group) is 1. The van der Waals surface area contributed by atoms with Crippen molar-refractivity contribution in [2.75, 3.05) is 7.05 Å². The van der Waals surface area contributed by atoms with Gasteiger partial charge in [-0.25, -0.2) is 4.98 Å². The minimum atomic E-state index is -0.101. The number of fused-ring (bicyclic) bond motifs is 1. The van der Waals surface area contributed by atoms with E-state index in [0.717, 1.165) is 0 Å². The Balaban J connectivity index is 0.00000208. The number of hydrogen-bond donors (Lipinski definition) is 1. The fourth-order valence-corrected chi connectivity index (χ4v) is 2.41. The third-order valence-corrected chi connectivity index (χ3v) is 3.84. The molecule has 8 heteroatoms. The summed E-state index contributed by atoms with van der Waals surface area (Å²) < 4.78 is 6.82. The van der Waals surface area contributed by atoms with E-state index >= 15 is 0 Å². The number of rotatable bonds is 5. The monoisotopic (exact) mass is 349 g/mol. The van der Waals surface area contributed by atoms with Gasteiger partial charge in [-0.15, -0.1) is 12.4 Å². The summed E-state index contributed by atoms with van der Waals surface area (Å²) in [6.45, 7) is 4.07. The van der Waals surface area contributed by atoms with Crippen molar-refractivity contribution in [2.45, 2.75) is 32.9 Å². The van der Waals surface area contributed by atoms with Gasteiger partial charge in [-0.3, -0.25) is 9.36 Å². The van der Waals surface area contributed by atoms with Gasteiger partial charge in [0, 0.05) is 12.5 Å². The summed E-state index contributed by atoms with van der Waals surface area (Å²) in [5, 5.41) is 7.67. The lowest BCUT2D eigenvalue weighted by Gasteiger charge is -2.08. The Hall–Kier alpha value is -2.25. The van der Waals surface area contributed by atoms with Crippen LogP contribution in [0, 0.1) is 6.92 Å². The fourth-order valence-electron chi connectivity index (χ4n) is 2.41. The lowest BCUT2D eigenvalue weighted by Crippen LogP contribution is -2.25. The quantitative estimate of drug-likeness (QED) is 0.754. The normalized spacial score (nSPS) is 12.1. The molecule has 0 radical (unpaired) electrons. The van der Waals surface area contributed by atoms with Crippen molar-refractivity contribution < 1.29 is 4.52 Å². The summed E-state index contributed by atoms with van der Waals surface area (Å²) in [6, 6.07) is 7.56. The number of aryl methyl sites for hydroxylation is 1. The highest BCUT2D eigenvalue weighted by Gasteiger charge is 2.13. The van der Waals surface area contributed by atoms with Crippen molar-refractivity contribution in [3.8, 4) is 0 Å². The maximum absolute atomic E-state index is 12.6. The Morgan fingerprint density at radius 3 is 2.79 bits per heavy atom. The van der Waals surface area contributed by atoms with Crippen LogP contribution >= 0.6 is 12.4 Å². The molecule has 2 aromatic heterocycles. The standard InChI is InChI=1S/C16H19N5O2.ClH/c1-10(17-3)8-14-19-15(23-20-14)9-21-11(2)18-13-7-5-4-6-12(13)16(21)22;/h4-7,10,17H,8-9H2,1-3H3;1H. The van der Waals surface area contributed by atoms with Gasteiger partial charge in [0.25, 0.3) is 5.56 Å². The Morgan fingerprint density at radius 1 is 1.29 bits per heavy atom. The zero-order chi connectivity index (χ0) is 16.4. The molecular weight excluding hydrogens is 330 g/mol. The van der Waals surface area contributed by atoms with Crippen LogP contribution in [-0.4, -0.2) is 32.8 Å². The van der Waals surface area contributed by atoms with E-state index in [1.54, 1.807) is 17.6 Å². The minimum Gasteiger partial charge on any atom is -0.337 e. The average molecular weight is 350 g/mol. The average Bonchev–Trinajstić information content (AvgIpc) is 2.98. The number of aromatic nitrogens is 4. The molecule has 3 rings (SSSR count). The van der Waals surface area contributed by atoms with Crippen LogP contribution < -0.4 is 10.9 Å². The number of nitrogens with one attached hydrogen (secondary N) is 1. The van der Waals surface area contributed by atoms with Crippen molar-refractivity contribution >= 4 is 23.3 Å². The molecular formula is C16H20ClN5O2. The summed E-state index contributed by atoms with van der Waals surface area (Å²) in [5.41, 5.74) is 0.594. The van der Waals surface area contributed by atoms with E-state index in [1.807, 2.05) is 32.2 Å². The molecule has 1 aromatic carbocycles. The van der Waals surface area contributed by atoms with Gasteiger partial charge in [-0.2, -0.15) is 4.98 Å². The molecule has 0 saturated heterocycles. The lowest BCUT2D eigenvalue weighted by molar-refractivity contribution is 0.362. The maximum Gasteiger partial charge on any atom is 0.261 e. The third kappa shape index (κ3) is 3.63. The first-order valence-electron chi connectivity index (χ1n) is 7.53. The van der Waals surface area contributed by atoms with E-state index in [9.17, 15) is 4.79 Å². The number of para-hydroxylation sites is 1. The van der Waals surface area contributed by atoms with E-state index in [4.69, 9.17) is 4.52 Å². The minimum absolute atomic E-state index is 0. The maximum atomic E-state index is 12.6. The summed E-state index contributed by atoms with van der Waals surface area (Å²) in [6.07, 6.45) is 0.670. The van der Waals surface area contributed by atoms with Gasteiger partial charge >= 0.3 is 0 Å². The molecule has 0 amide bonds. The Kier molecular flexibility index (Phi) is 5.69. The van der Waals surface area contributed by atoms with E-state index in [2.05, 4.69) is 20.4 Å². The van der Waals surface area contributed by atoms with Crippen molar-refractivity contribution in [3.05, 3.63) is 52.2 Å². The van der Waals surface area contributed by atoms with Crippen molar-refractivity contribution in [1.29, 1.82) is 0 Å². The fraction of sp³-hybridized carbons (Fsp3) is 0.375. The van der Waals surface area contributed by atoms with E-state index in [1.165, 1.54) is 0 Å². The second kappa shape index (κ2) is 7.55. The predicted molar refractivity (Wildman–Crippen MR) is 93.6 cm³/mol. The summed E-state index contributed by atoms with van der Waals surface area (Å²) in [4.78, 5) is 21.4. The highest BCUT2D eigenvalue weighted by atomic mass is 35.5. The van der Waals surface area contributed by atoms with Crippen LogP contribution in [0.2, 0.25) is 0 Å². The smallest absolute Gasteiger partial charge is 0.261 e. The first kappa shape index (κ1) is 18.1. The zero-order valence-corrected chi connectivity index (χ0v) is 14.6. The molecule has 7 nitrogen and oxygen atoms in total. The van der Waals surface area contributed by atoms with Crippen LogP contribution in [0.15, 0.2) is 33.6 Å². The van der Waals surface area contributed by atoms with Crippen LogP contribution in [0.3, 0.4) is 0 Å². The van der Waals surface area contributed by atoms with Gasteiger partial charge in [0.1, 0.15) is 12.4 Å². The van der Waals surface area contributed by atoms with Gasteiger partial charge in [0.2, 0.25) is 5.89 Å². The summed E-state index contributed by atoms with van der Waals surface area (Å²) in [5.74, 6) is 1.66. The third-order valence-electron chi connectivity index (χ3n) is 3.84. The van der Waals surface area contributed by atoms with Crippen molar-refractivity contribution in [2.24, 2.45) is 0 Å². The van der Waals surface area contributed by atoms with Gasteiger partial charge in [0.05, 0.1) is 10.9 Å². The van der Waals surface area contributed by atoms with E-state index in [0.29, 0.717) is 34.9 Å². The number of benzene rings is 1. The molecule has 0 aliphatic carbocycles. The zero-order valence-electron chi connectivity index (χ0n) is 13.8. The number of halogens is 1. The van der Waals surface area contributed by atoms with E-state index < -0.39 is 0 Å². The Morgan fingerprint density at radius 2 is 2.04 bits per heavy atom. The number of nitrogens with zero attached hydrogens (tertiary/aromatic N) is 4. The van der Waals surface area contributed by atoms with Crippen LogP contribution in [0.5, 0.6) is 0 Å². The molecule has 1 N–H and O–H groups in total. The molecule has 2 heterocycles. The topological polar surface area (TPSA) is 85.8 Å². The molecule has 0 spiro atoms. The highest BCUT2D eigenvalue weighted by Crippen LogP contribution is 2.09. The number of hydrogen-bond acceptors (Lipinski definition) is 6. The summed E-state index contributed by atoms with van der Waals surface area (Å²) in [7, 11) is 1.88. The van der Waals surface area contributed by atoms with Crippen LogP contribution in [0.25, 0.3) is 10.9 Å². The molecule has 0 saturated carbocycles. The molecule has 0 aliphatic heterocycles. The van der Waals surface area contributed by atoms with Crippen LogP contribution in [0.1, 0.15) is 24.5 Å². The van der Waals surface area contributed by atoms with Gasteiger partial charge in [-0.05, 0) is 33.0 Å². The summed E-state index contributed by atoms with van der Waals surface area (Å²) >= 11 is 0. The molecule has 24 heavy (non-hydrogen) atoms. The second-order valence-electron chi connectivity index (χ2n) is 5.57. The van der Waals surface area contributed by atoms with Crippen LogP contribution in [0.4, 0.5) is 0 Å². The van der Waals surface area contributed by atoms with Gasteiger partial charge < -0.3 is 9.84 Å². The Labute approximate surface area is 145 Å². The molecule has 1 atom stereocenters. The molecule has 3 aromatic rings. The second-order valence-corrected chi connectivity index (χ2v) is 5.57. The predicted octanol–water partition coefficient (Wildman–Crippen LogP) is 1.71. The first-order valence-corrected chi connectivity index (χ1v) is 7.53. The molecule has 0 fully saturated rings. The van der Waals surface area contributed by atoms with Crippen molar-refractivity contribution in [1.82, 2.24) is 25.0 Å². The molecule has 0 bridgehead atoms. The molecule has 1 unspecified atom stereocenters. The highest BCUT2D eigenvalue weighted by molar-refractivity contribution is 5.85. The van der Waals surface area contributed by atoms with Crippen molar-refractivity contribution in [3.63, 3.8) is 0 Å². The Bertz CT molecular complexity index is 890. The largest absolute Gasteiger partial charge is 0.337 e. The molecule has 0 aliphatic rings. The van der Waals surface area contributed by atoms with Gasteiger partial charge in [0.15, 0.2) is 5.82 Å². The van der Waals surface area contributed by atoms with Gasteiger partial charge in [-0.1, -0.05) is 17.3 Å². The SMILES string of the molecule is CNC(C)Cc1noc(Cn2c(C)nc3ccccc3c2=O)n1.Cl. The first-order chi connectivity index (χ1) is 11.1. The van der Waals surface area contributed by atoms with Crippen LogP contribution in [-0.2, 0) is 13.0 Å². The van der Waals surface area contributed by atoms with E-state index in [-0.39, 0.29) is 30.6 Å². The lowest BCUT2D eigenvalue weighted by atomic mass is 10.2. The molecule has 128 valence electrons.